The van der Waals surface area contributed by atoms with E-state index in [2.05, 4.69) is 167 Å². The number of aromatic nitrogens is 2. The van der Waals surface area contributed by atoms with Crippen molar-refractivity contribution in [1.82, 2.24) is 9.13 Å². The van der Waals surface area contributed by atoms with Gasteiger partial charge in [0.25, 0.3) is 0 Å². The molecule has 14 rings (SSSR count). The van der Waals surface area contributed by atoms with Crippen molar-refractivity contribution in [3.8, 4) is 44.8 Å². The summed E-state index contributed by atoms with van der Waals surface area (Å²) >= 11 is 0. The molecule has 0 N–H and O–H groups in total. The molecule has 0 atom stereocenters. The third-order valence-electron chi connectivity index (χ3n) is 15.5. The predicted molar refractivity (Wildman–Crippen MR) is 330 cm³/mol. The number of hydrogen-bond acceptors (Lipinski definition) is 2. The van der Waals surface area contributed by atoms with Crippen LogP contribution in [0.25, 0.3) is 88.4 Å². The first kappa shape index (κ1) is 47.2. The van der Waals surface area contributed by atoms with Gasteiger partial charge in [0.2, 0.25) is 0 Å². The molecule has 0 unspecified atom stereocenters. The van der Waals surface area contributed by atoms with Gasteiger partial charge in [-0.25, -0.2) is 0 Å². The zero-order chi connectivity index (χ0) is 52.2. The monoisotopic (exact) mass is 1040 g/mol. The zero-order valence-corrected chi connectivity index (χ0v) is 44.3. The first-order valence-electron chi connectivity index (χ1n) is 26.4. The molecule has 0 aliphatic rings. The Morgan fingerprint density at radius 3 is 0.705 bits per heavy atom. The Labute approximate surface area is 453 Å². The highest BCUT2D eigenvalue weighted by molar-refractivity contribution is 7.85. The van der Waals surface area contributed by atoms with Gasteiger partial charge in [-0.05, 0) is 118 Å². The quantitative estimate of drug-likeness (QED) is 0.121. The van der Waals surface area contributed by atoms with Gasteiger partial charge in [-0.2, -0.15) is 0 Å². The van der Waals surface area contributed by atoms with E-state index in [1.807, 2.05) is 146 Å². The zero-order valence-electron chi connectivity index (χ0n) is 42.5. The van der Waals surface area contributed by atoms with Gasteiger partial charge in [0.1, 0.15) is 0 Å². The molecule has 6 heteroatoms. The molecule has 0 bridgehead atoms. The van der Waals surface area contributed by atoms with E-state index < -0.39 is 14.3 Å². The summed E-state index contributed by atoms with van der Waals surface area (Å²) in [7, 11) is -6.40. The lowest BCUT2D eigenvalue weighted by Crippen LogP contribution is -2.25. The molecule has 0 aliphatic heterocycles. The molecule has 4 nitrogen and oxygen atoms in total. The minimum Gasteiger partial charge on any atom is -0.309 e. The van der Waals surface area contributed by atoms with E-state index in [1.165, 1.54) is 0 Å². The summed E-state index contributed by atoms with van der Waals surface area (Å²) < 4.78 is 35.8. The van der Waals surface area contributed by atoms with Gasteiger partial charge in [-0.3, -0.25) is 0 Å². The van der Waals surface area contributed by atoms with Crippen molar-refractivity contribution in [2.45, 2.75) is 0 Å². The van der Waals surface area contributed by atoms with Crippen molar-refractivity contribution in [1.29, 1.82) is 0 Å². The van der Waals surface area contributed by atoms with Gasteiger partial charge in [-0.1, -0.05) is 218 Å². The Hall–Kier alpha value is -9.30. The minimum absolute atomic E-state index is 0.799. The largest absolute Gasteiger partial charge is 0.309 e. The number of hydrogen-bond donors (Lipinski definition) is 0. The molecule has 2 aromatic heterocycles. The van der Waals surface area contributed by atoms with Crippen molar-refractivity contribution in [3.63, 3.8) is 0 Å². The maximum Gasteiger partial charge on any atom is 0.171 e. The fourth-order valence-corrected chi connectivity index (χ4v) is 17.1. The second kappa shape index (κ2) is 19.4. The van der Waals surface area contributed by atoms with Crippen LogP contribution in [0.4, 0.5) is 0 Å². The Kier molecular flexibility index (Phi) is 11.7. The van der Waals surface area contributed by atoms with Crippen LogP contribution < -0.4 is 31.8 Å². The highest BCUT2D eigenvalue weighted by Crippen LogP contribution is 2.46. The standard InChI is InChI=1S/C72H50N2O2P2/c75-77(59-27-11-3-12-28-59,60-29-13-4-14-30-60)63-35-19-21-51(45-63)53-37-41-69-65(47-53)67-49-55(39-43-71(67)73(69)57-23-7-1-8-24-57)56-40-44-72-68(50-56)66-48-54(38-42-70(66)74(72)58-25-9-2-10-26-58)52-22-20-36-64(46-52)78(76,61-31-15-5-16-32-61)62-33-17-6-18-34-62/h1-50H. The highest BCUT2D eigenvalue weighted by Gasteiger charge is 2.31. The normalized spacial score (nSPS) is 11.9. The summed E-state index contributed by atoms with van der Waals surface area (Å²) in [5.41, 5.74) is 12.9. The summed E-state index contributed by atoms with van der Waals surface area (Å²) in [6.45, 7) is 0. The Morgan fingerprint density at radius 1 is 0.205 bits per heavy atom. The van der Waals surface area contributed by atoms with Crippen LogP contribution in [0.2, 0.25) is 0 Å². The maximum atomic E-state index is 15.6. The van der Waals surface area contributed by atoms with Crippen molar-refractivity contribution in [2.75, 3.05) is 0 Å². The Bertz CT molecular complexity index is 4260. The molecule has 0 aliphatic carbocycles. The second-order valence-corrected chi connectivity index (χ2v) is 25.5. The van der Waals surface area contributed by atoms with Crippen LogP contribution in [0.5, 0.6) is 0 Å². The van der Waals surface area contributed by atoms with Crippen LogP contribution in [0.3, 0.4) is 0 Å². The smallest absolute Gasteiger partial charge is 0.171 e. The molecule has 0 saturated carbocycles. The molecule has 0 spiro atoms. The van der Waals surface area contributed by atoms with Gasteiger partial charge >= 0.3 is 0 Å². The lowest BCUT2D eigenvalue weighted by Gasteiger charge is -2.20. The molecule has 0 fully saturated rings. The SMILES string of the molecule is O=P(c1ccccc1)(c1ccccc1)c1cccc(-c2ccc3c(c2)c2cc(-c4ccc5c(c4)c4cc(-c6cccc(P(=O)(c7ccccc7)c7ccccc7)c6)ccc4n5-c4ccccc4)ccc2n3-c2ccccc2)c1. The van der Waals surface area contributed by atoms with Gasteiger partial charge in [0.15, 0.2) is 14.3 Å². The van der Waals surface area contributed by atoms with Crippen molar-refractivity contribution >= 4 is 89.7 Å². The number of para-hydroxylation sites is 2. The predicted octanol–water partition coefficient (Wildman–Crippen LogP) is 16.2. The van der Waals surface area contributed by atoms with Gasteiger partial charge in [-0.15, -0.1) is 0 Å². The van der Waals surface area contributed by atoms with E-state index in [4.69, 9.17) is 0 Å². The first-order valence-corrected chi connectivity index (χ1v) is 29.8. The summed E-state index contributed by atoms with van der Waals surface area (Å²) in [5, 5.41) is 9.38. The molecule has 0 amide bonds. The summed E-state index contributed by atoms with van der Waals surface area (Å²) in [6, 6.07) is 105. The summed E-state index contributed by atoms with van der Waals surface area (Å²) in [4.78, 5) is 0. The Morgan fingerprint density at radius 2 is 0.436 bits per heavy atom. The molecular formula is C72H50N2O2P2. The molecule has 78 heavy (non-hydrogen) atoms. The van der Waals surface area contributed by atoms with E-state index in [1.54, 1.807) is 0 Å². The van der Waals surface area contributed by atoms with Crippen LogP contribution >= 0.6 is 14.3 Å². The van der Waals surface area contributed by atoms with Crippen molar-refractivity contribution < 1.29 is 9.13 Å². The molecule has 12 aromatic carbocycles. The van der Waals surface area contributed by atoms with Crippen LogP contribution in [0, 0.1) is 0 Å². The highest BCUT2D eigenvalue weighted by atomic mass is 31.2. The van der Waals surface area contributed by atoms with Gasteiger partial charge in [0.05, 0.1) is 22.1 Å². The summed E-state index contributed by atoms with van der Waals surface area (Å²) in [5.74, 6) is 0. The molecule has 14 aromatic rings. The number of fused-ring (bicyclic) bond motifs is 6. The van der Waals surface area contributed by atoms with E-state index in [-0.39, 0.29) is 0 Å². The Balaban J connectivity index is 0.920. The van der Waals surface area contributed by atoms with Crippen molar-refractivity contribution in [3.05, 3.63) is 303 Å². The van der Waals surface area contributed by atoms with Gasteiger partial charge in [0, 0.05) is 64.7 Å². The summed E-state index contributed by atoms with van der Waals surface area (Å²) in [6.07, 6.45) is 0. The third-order valence-corrected chi connectivity index (χ3v) is 21.6. The minimum atomic E-state index is -3.20. The van der Waals surface area contributed by atoms with E-state index in [0.717, 1.165) is 120 Å². The van der Waals surface area contributed by atoms with E-state index in [0.29, 0.717) is 0 Å². The van der Waals surface area contributed by atoms with E-state index in [9.17, 15) is 0 Å². The second-order valence-electron chi connectivity index (χ2n) is 19.9. The van der Waals surface area contributed by atoms with Crippen LogP contribution in [0.1, 0.15) is 0 Å². The average Bonchev–Trinajstić information content (AvgIpc) is 4.16. The fourth-order valence-electron chi connectivity index (χ4n) is 11.7. The van der Waals surface area contributed by atoms with Crippen LogP contribution in [-0.4, -0.2) is 9.13 Å². The molecule has 2 heterocycles. The average molecular weight is 1040 g/mol. The lowest BCUT2D eigenvalue weighted by atomic mass is 9.98. The molecule has 370 valence electrons. The first-order chi connectivity index (χ1) is 38.4. The van der Waals surface area contributed by atoms with Crippen LogP contribution in [-0.2, 0) is 9.13 Å². The molecular weight excluding hydrogens is 987 g/mol. The maximum absolute atomic E-state index is 15.6. The van der Waals surface area contributed by atoms with Gasteiger partial charge < -0.3 is 18.3 Å². The third kappa shape index (κ3) is 7.92. The van der Waals surface area contributed by atoms with Crippen molar-refractivity contribution in [2.24, 2.45) is 0 Å². The molecule has 0 saturated heterocycles. The fraction of sp³-hybridized carbons (Fsp3) is 0. The number of benzene rings is 12. The van der Waals surface area contributed by atoms with E-state index >= 15 is 9.13 Å². The topological polar surface area (TPSA) is 44.0 Å². The molecule has 0 radical (unpaired) electrons. The number of nitrogens with zero attached hydrogens (tertiary/aromatic N) is 2. The number of rotatable bonds is 11. The lowest BCUT2D eigenvalue weighted by molar-refractivity contribution is 0.591. The van der Waals surface area contributed by atoms with Crippen LogP contribution in [0.15, 0.2) is 303 Å².